The number of carboxylic acids is 1. The third-order valence-corrected chi connectivity index (χ3v) is 5.93. The van der Waals surface area contributed by atoms with Crippen LogP contribution in [-0.4, -0.2) is 35.7 Å². The highest BCUT2D eigenvalue weighted by molar-refractivity contribution is 5.96. The monoisotopic (exact) mass is 520 g/mol. The molecule has 0 spiro atoms. The van der Waals surface area contributed by atoms with Crippen molar-refractivity contribution in [2.75, 3.05) is 22.1 Å². The fourth-order valence-electron chi connectivity index (χ4n) is 4.40. The number of nitrogens with zero attached hydrogens (tertiary/aromatic N) is 2. The number of benzene rings is 3. The van der Waals surface area contributed by atoms with Crippen molar-refractivity contribution in [3.05, 3.63) is 71.3 Å². The van der Waals surface area contributed by atoms with Crippen molar-refractivity contribution in [2.45, 2.75) is 25.7 Å². The molecular weight excluding hydrogens is 499 g/mol. The number of anilines is 5. The Morgan fingerprint density at radius 2 is 1.73 bits per heavy atom. The molecule has 4 rings (SSSR count). The summed E-state index contributed by atoms with van der Waals surface area (Å²) in [5.41, 5.74) is 5.32. The lowest BCUT2D eigenvalue weighted by Gasteiger charge is -2.50. The predicted molar refractivity (Wildman–Crippen MR) is 128 cm³/mol. The van der Waals surface area contributed by atoms with Crippen LogP contribution in [0.15, 0.2) is 48.5 Å². The number of hydrogen-bond acceptors (Lipinski definition) is 6. The lowest BCUT2D eigenvalue weighted by Crippen LogP contribution is -2.53. The number of carbonyl (C=O) groups is 1. The van der Waals surface area contributed by atoms with Gasteiger partial charge in [-0.25, -0.2) is 13.6 Å². The second kappa shape index (κ2) is 8.95. The first kappa shape index (κ1) is 25.7. The summed E-state index contributed by atoms with van der Waals surface area (Å²) in [6.45, 7) is 3.54. The van der Waals surface area contributed by atoms with Crippen LogP contribution in [-0.2, 0) is 0 Å². The number of nitrogens with two attached hydrogens (primary N) is 1. The molecule has 37 heavy (non-hydrogen) atoms. The Bertz CT molecular complexity index is 1390. The summed E-state index contributed by atoms with van der Waals surface area (Å²) in [6, 6.07) is 10.0. The summed E-state index contributed by atoms with van der Waals surface area (Å²) in [6.07, 6.45) is -4.30. The molecule has 0 aliphatic carbocycles. The van der Waals surface area contributed by atoms with Gasteiger partial charge in [0.1, 0.15) is 5.69 Å². The second-order valence-corrected chi connectivity index (χ2v) is 8.95. The van der Waals surface area contributed by atoms with Crippen LogP contribution < -0.4 is 20.3 Å². The van der Waals surface area contributed by atoms with Crippen molar-refractivity contribution >= 4 is 40.6 Å². The minimum absolute atomic E-state index is 0.0181. The summed E-state index contributed by atoms with van der Waals surface area (Å²) < 4.78 is 72.4. The minimum Gasteiger partial charge on any atom is -0.478 e. The summed E-state index contributed by atoms with van der Waals surface area (Å²) in [4.78, 5) is 14.4. The van der Waals surface area contributed by atoms with Crippen molar-refractivity contribution in [1.82, 2.24) is 0 Å². The SMILES string of the molecule is CC1(C)CN(c2ccc(C(=O)O)cc2)c2c(cc(C=N)c(N)c2F)N1c1ccc(F)c(OC(F)(F)F)c1. The van der Waals surface area contributed by atoms with Crippen LogP contribution in [0.4, 0.5) is 50.4 Å². The molecular formula is C25H21F5N4O3. The highest BCUT2D eigenvalue weighted by Gasteiger charge is 2.41. The van der Waals surface area contributed by atoms with Gasteiger partial charge in [-0.2, -0.15) is 0 Å². The number of rotatable bonds is 5. The maximum absolute atomic E-state index is 15.8. The van der Waals surface area contributed by atoms with Crippen molar-refractivity contribution in [2.24, 2.45) is 0 Å². The van der Waals surface area contributed by atoms with E-state index in [0.29, 0.717) is 5.69 Å². The summed E-state index contributed by atoms with van der Waals surface area (Å²) >= 11 is 0. The maximum Gasteiger partial charge on any atom is 0.573 e. The molecule has 1 aliphatic rings. The Morgan fingerprint density at radius 3 is 2.30 bits per heavy atom. The molecule has 3 aromatic carbocycles. The van der Waals surface area contributed by atoms with Gasteiger partial charge in [0.05, 0.1) is 22.5 Å². The Kier molecular flexibility index (Phi) is 6.22. The topological polar surface area (TPSA) is 103 Å². The Labute approximate surface area is 208 Å². The van der Waals surface area contributed by atoms with Gasteiger partial charge in [-0.1, -0.05) is 0 Å². The zero-order valence-corrected chi connectivity index (χ0v) is 19.5. The first-order valence-electron chi connectivity index (χ1n) is 10.8. The molecule has 12 heteroatoms. The van der Waals surface area contributed by atoms with E-state index in [4.69, 9.17) is 11.1 Å². The third-order valence-electron chi connectivity index (χ3n) is 5.93. The van der Waals surface area contributed by atoms with Gasteiger partial charge < -0.3 is 30.8 Å². The molecule has 0 saturated carbocycles. The first-order valence-corrected chi connectivity index (χ1v) is 10.8. The quantitative estimate of drug-likeness (QED) is 0.210. The van der Waals surface area contributed by atoms with Crippen LogP contribution >= 0.6 is 0 Å². The Morgan fingerprint density at radius 1 is 1.11 bits per heavy atom. The van der Waals surface area contributed by atoms with E-state index < -0.39 is 35.3 Å². The number of hydrogen-bond donors (Lipinski definition) is 3. The number of alkyl halides is 3. The van der Waals surface area contributed by atoms with Crippen LogP contribution in [0.3, 0.4) is 0 Å². The third kappa shape index (κ3) is 4.74. The number of ether oxygens (including phenoxy) is 1. The molecule has 1 aliphatic heterocycles. The zero-order chi connectivity index (χ0) is 27.3. The smallest absolute Gasteiger partial charge is 0.478 e. The molecule has 0 fully saturated rings. The minimum atomic E-state index is -5.14. The van der Waals surface area contributed by atoms with E-state index in [1.807, 2.05) is 0 Å². The first-order chi connectivity index (χ1) is 17.2. The van der Waals surface area contributed by atoms with E-state index in [1.54, 1.807) is 18.7 Å². The van der Waals surface area contributed by atoms with Gasteiger partial charge >= 0.3 is 12.3 Å². The highest BCUT2D eigenvalue weighted by atomic mass is 19.4. The standard InChI is InChI=1S/C25H21F5N4O3/c1-24(2)12-33(15-5-3-13(4-6-15)23(35)36)22-18(9-14(11-31)21(32)20(22)27)34(24)16-7-8-17(26)19(10-16)37-25(28,29)30/h3-11,31H,12,32H2,1-2H3,(H,35,36). The average molecular weight is 520 g/mol. The lowest BCUT2D eigenvalue weighted by atomic mass is 9.92. The van der Waals surface area contributed by atoms with Gasteiger partial charge in [0, 0.05) is 35.8 Å². The number of aromatic carboxylic acids is 1. The molecule has 3 aromatic rings. The Balaban J connectivity index is 1.95. The zero-order valence-electron chi connectivity index (χ0n) is 19.5. The molecule has 0 radical (unpaired) electrons. The number of fused-ring (bicyclic) bond motifs is 1. The van der Waals surface area contributed by atoms with Crippen LogP contribution in [0.2, 0.25) is 0 Å². The van der Waals surface area contributed by atoms with Gasteiger partial charge in [0.25, 0.3) is 0 Å². The molecule has 7 nitrogen and oxygen atoms in total. The second-order valence-electron chi connectivity index (χ2n) is 8.95. The number of nitrogen functional groups attached to an aromatic ring is 1. The average Bonchev–Trinajstić information content (AvgIpc) is 2.81. The van der Waals surface area contributed by atoms with Crippen LogP contribution in [0.25, 0.3) is 0 Å². The van der Waals surface area contributed by atoms with Crippen LogP contribution in [0, 0.1) is 17.0 Å². The lowest BCUT2D eigenvalue weighted by molar-refractivity contribution is -0.275. The normalized spacial score (nSPS) is 14.8. The molecule has 0 bridgehead atoms. The number of halogens is 5. The van der Waals surface area contributed by atoms with E-state index in [1.165, 1.54) is 41.3 Å². The van der Waals surface area contributed by atoms with Crippen molar-refractivity contribution in [3.63, 3.8) is 0 Å². The van der Waals surface area contributed by atoms with Crippen molar-refractivity contribution in [1.29, 1.82) is 5.41 Å². The molecule has 0 atom stereocenters. The maximum atomic E-state index is 15.8. The van der Waals surface area contributed by atoms with Crippen LogP contribution in [0.5, 0.6) is 5.75 Å². The fourth-order valence-corrected chi connectivity index (χ4v) is 4.40. The summed E-state index contributed by atoms with van der Waals surface area (Å²) in [7, 11) is 0. The van der Waals surface area contributed by atoms with Gasteiger partial charge in [-0.3, -0.25) is 0 Å². The number of nitrogens with one attached hydrogen (secondary N) is 1. The molecule has 0 unspecified atom stereocenters. The van der Waals surface area contributed by atoms with E-state index in [-0.39, 0.29) is 40.4 Å². The molecule has 194 valence electrons. The largest absolute Gasteiger partial charge is 0.573 e. The van der Waals surface area contributed by atoms with Crippen molar-refractivity contribution < 1.29 is 36.6 Å². The van der Waals surface area contributed by atoms with Crippen LogP contribution in [0.1, 0.15) is 29.8 Å². The molecule has 0 aromatic heterocycles. The summed E-state index contributed by atoms with van der Waals surface area (Å²) in [5, 5.41) is 16.9. The number of carboxylic acid groups (broad SMARTS) is 1. The van der Waals surface area contributed by atoms with E-state index in [0.717, 1.165) is 18.3 Å². The Hall–Kier alpha value is -4.35. The molecule has 4 N–H and O–H groups in total. The van der Waals surface area contributed by atoms with Crippen molar-refractivity contribution in [3.8, 4) is 5.75 Å². The molecule has 0 saturated heterocycles. The van der Waals surface area contributed by atoms with Gasteiger partial charge in [-0.15, -0.1) is 13.2 Å². The van der Waals surface area contributed by atoms with E-state index in [2.05, 4.69) is 4.74 Å². The highest BCUT2D eigenvalue weighted by Crippen LogP contribution is 2.50. The van der Waals surface area contributed by atoms with E-state index >= 15 is 4.39 Å². The van der Waals surface area contributed by atoms with Gasteiger partial charge in [0.15, 0.2) is 17.4 Å². The van der Waals surface area contributed by atoms with E-state index in [9.17, 15) is 27.5 Å². The molecule has 0 amide bonds. The fraction of sp³-hybridized carbons (Fsp3) is 0.200. The summed E-state index contributed by atoms with van der Waals surface area (Å²) in [5.74, 6) is -4.32. The predicted octanol–water partition coefficient (Wildman–Crippen LogP) is 6.21. The van der Waals surface area contributed by atoms with Gasteiger partial charge in [-0.05, 0) is 56.3 Å². The van der Waals surface area contributed by atoms with Gasteiger partial charge in [0.2, 0.25) is 0 Å². The molecule has 1 heterocycles.